The third-order valence-corrected chi connectivity index (χ3v) is 3.34. The zero-order chi connectivity index (χ0) is 12.5. The van der Waals surface area contributed by atoms with Crippen LogP contribution in [-0.2, 0) is 20.0 Å². The summed E-state index contributed by atoms with van der Waals surface area (Å²) < 4.78 is 1.76. The molecule has 0 fully saturated rings. The fraction of sp³-hybridized carbons (Fsp3) is 0.385. The molecular weight excluding hydrogens is 228 g/mol. The molecule has 94 valence electrons. The van der Waals surface area contributed by atoms with Gasteiger partial charge in [-0.2, -0.15) is 5.10 Å². The van der Waals surface area contributed by atoms with E-state index in [9.17, 15) is 4.79 Å². The quantitative estimate of drug-likeness (QED) is 0.866. The van der Waals surface area contributed by atoms with Gasteiger partial charge in [-0.3, -0.25) is 9.48 Å². The first-order valence-corrected chi connectivity index (χ1v) is 6.17. The number of H-pyrrole nitrogens is 1. The minimum atomic E-state index is 0.0938. The van der Waals surface area contributed by atoms with E-state index in [1.165, 1.54) is 0 Å². The molecule has 0 radical (unpaired) electrons. The van der Waals surface area contributed by atoms with Crippen molar-refractivity contribution in [3.05, 3.63) is 41.5 Å². The van der Waals surface area contributed by atoms with Crippen molar-refractivity contribution in [2.75, 3.05) is 6.54 Å². The number of nitrogens with one attached hydrogen (secondary N) is 1. The SMILES string of the molecule is Cn1cc(CN2CCCc3cc[nH]c3C2=O)cn1. The number of hydrogen-bond donors (Lipinski definition) is 1. The highest BCUT2D eigenvalue weighted by Crippen LogP contribution is 2.18. The van der Waals surface area contributed by atoms with Gasteiger partial charge in [0.1, 0.15) is 5.69 Å². The molecule has 0 atom stereocenters. The van der Waals surface area contributed by atoms with Crippen molar-refractivity contribution in [3.63, 3.8) is 0 Å². The van der Waals surface area contributed by atoms with E-state index < -0.39 is 0 Å². The Morgan fingerprint density at radius 3 is 3.17 bits per heavy atom. The molecule has 1 amide bonds. The molecule has 0 aliphatic carbocycles. The number of carbonyl (C=O) groups is 1. The summed E-state index contributed by atoms with van der Waals surface area (Å²) in [6, 6.07) is 2.00. The summed E-state index contributed by atoms with van der Waals surface area (Å²) in [7, 11) is 1.89. The first-order valence-electron chi connectivity index (χ1n) is 6.17. The number of nitrogens with zero attached hydrogens (tertiary/aromatic N) is 3. The summed E-state index contributed by atoms with van der Waals surface area (Å²) in [4.78, 5) is 17.3. The van der Waals surface area contributed by atoms with Gasteiger partial charge < -0.3 is 9.88 Å². The van der Waals surface area contributed by atoms with E-state index in [0.29, 0.717) is 6.54 Å². The Morgan fingerprint density at radius 2 is 2.39 bits per heavy atom. The van der Waals surface area contributed by atoms with Crippen molar-refractivity contribution in [2.24, 2.45) is 7.05 Å². The molecule has 0 aromatic carbocycles. The smallest absolute Gasteiger partial charge is 0.270 e. The van der Waals surface area contributed by atoms with Crippen LogP contribution in [0.2, 0.25) is 0 Å². The molecule has 0 unspecified atom stereocenters. The van der Waals surface area contributed by atoms with Gasteiger partial charge in [0.25, 0.3) is 5.91 Å². The highest BCUT2D eigenvalue weighted by atomic mass is 16.2. The maximum Gasteiger partial charge on any atom is 0.270 e. The van der Waals surface area contributed by atoms with Gasteiger partial charge >= 0.3 is 0 Å². The lowest BCUT2D eigenvalue weighted by molar-refractivity contribution is 0.0743. The topological polar surface area (TPSA) is 53.9 Å². The molecule has 3 rings (SSSR count). The monoisotopic (exact) mass is 244 g/mol. The van der Waals surface area contributed by atoms with E-state index in [1.54, 1.807) is 4.68 Å². The summed E-state index contributed by atoms with van der Waals surface area (Å²) in [5.41, 5.74) is 2.95. The van der Waals surface area contributed by atoms with E-state index in [2.05, 4.69) is 10.1 Å². The average Bonchev–Trinajstić information content (AvgIpc) is 2.93. The van der Waals surface area contributed by atoms with E-state index in [4.69, 9.17) is 0 Å². The van der Waals surface area contributed by atoms with Crippen LogP contribution in [0.1, 0.15) is 28.0 Å². The van der Waals surface area contributed by atoms with Crippen molar-refractivity contribution < 1.29 is 4.79 Å². The lowest BCUT2D eigenvalue weighted by atomic mass is 10.1. The Hall–Kier alpha value is -2.04. The van der Waals surface area contributed by atoms with Gasteiger partial charge in [0.15, 0.2) is 0 Å². The van der Waals surface area contributed by atoms with Crippen molar-refractivity contribution in [2.45, 2.75) is 19.4 Å². The summed E-state index contributed by atoms with van der Waals surface area (Å²) in [5, 5.41) is 4.14. The molecule has 5 heteroatoms. The lowest BCUT2D eigenvalue weighted by Crippen LogP contribution is -2.30. The summed E-state index contributed by atoms with van der Waals surface area (Å²) in [6.07, 6.45) is 7.59. The second kappa shape index (κ2) is 4.33. The van der Waals surface area contributed by atoms with Gasteiger partial charge in [0, 0.05) is 38.1 Å². The Morgan fingerprint density at radius 1 is 1.50 bits per heavy atom. The van der Waals surface area contributed by atoms with E-state index in [0.717, 1.165) is 36.2 Å². The number of amides is 1. The normalized spacial score (nSPS) is 15.6. The van der Waals surface area contributed by atoms with Crippen LogP contribution in [0.5, 0.6) is 0 Å². The van der Waals surface area contributed by atoms with Crippen LogP contribution >= 0.6 is 0 Å². The highest BCUT2D eigenvalue weighted by molar-refractivity contribution is 5.94. The first kappa shape index (κ1) is 11.1. The summed E-state index contributed by atoms with van der Waals surface area (Å²) >= 11 is 0. The van der Waals surface area contributed by atoms with Crippen LogP contribution in [0.15, 0.2) is 24.7 Å². The predicted octanol–water partition coefficient (Wildman–Crippen LogP) is 1.34. The molecule has 1 aliphatic rings. The van der Waals surface area contributed by atoms with E-state index in [-0.39, 0.29) is 5.91 Å². The molecule has 0 spiro atoms. The van der Waals surface area contributed by atoms with Gasteiger partial charge in [-0.05, 0) is 24.5 Å². The van der Waals surface area contributed by atoms with Crippen LogP contribution in [0.4, 0.5) is 0 Å². The van der Waals surface area contributed by atoms with Crippen molar-refractivity contribution >= 4 is 5.91 Å². The third kappa shape index (κ3) is 1.92. The Labute approximate surface area is 105 Å². The molecular formula is C13H16N4O. The van der Waals surface area contributed by atoms with Gasteiger partial charge in [0.2, 0.25) is 0 Å². The molecule has 0 bridgehead atoms. The van der Waals surface area contributed by atoms with Crippen molar-refractivity contribution in [1.29, 1.82) is 0 Å². The molecule has 18 heavy (non-hydrogen) atoms. The highest BCUT2D eigenvalue weighted by Gasteiger charge is 2.23. The molecule has 3 heterocycles. The number of aromatic amines is 1. The lowest BCUT2D eigenvalue weighted by Gasteiger charge is -2.19. The Bertz CT molecular complexity index is 569. The molecule has 0 saturated heterocycles. The minimum Gasteiger partial charge on any atom is -0.357 e. The number of aryl methyl sites for hydroxylation is 2. The van der Waals surface area contributed by atoms with Crippen LogP contribution in [0.25, 0.3) is 0 Å². The minimum absolute atomic E-state index is 0.0938. The largest absolute Gasteiger partial charge is 0.357 e. The number of hydrogen-bond acceptors (Lipinski definition) is 2. The zero-order valence-corrected chi connectivity index (χ0v) is 10.4. The standard InChI is InChI=1S/C13H16N4O/c1-16-8-10(7-15-16)9-17-6-2-3-11-4-5-14-12(11)13(17)18/h4-5,7-8,14H,2-3,6,9H2,1H3. The summed E-state index contributed by atoms with van der Waals surface area (Å²) in [6.45, 7) is 1.43. The maximum atomic E-state index is 12.4. The molecule has 1 aliphatic heterocycles. The number of rotatable bonds is 2. The predicted molar refractivity (Wildman–Crippen MR) is 67.1 cm³/mol. The number of fused-ring (bicyclic) bond motifs is 1. The maximum absolute atomic E-state index is 12.4. The Kier molecular flexibility index (Phi) is 2.66. The molecule has 2 aromatic heterocycles. The molecule has 5 nitrogen and oxygen atoms in total. The van der Waals surface area contributed by atoms with E-state index >= 15 is 0 Å². The van der Waals surface area contributed by atoms with Gasteiger partial charge in [-0.15, -0.1) is 0 Å². The fourth-order valence-electron chi connectivity index (χ4n) is 2.45. The van der Waals surface area contributed by atoms with Gasteiger partial charge in [-0.1, -0.05) is 0 Å². The van der Waals surface area contributed by atoms with Crippen LogP contribution in [0.3, 0.4) is 0 Å². The van der Waals surface area contributed by atoms with Crippen LogP contribution < -0.4 is 0 Å². The molecule has 1 N–H and O–H groups in total. The second-order valence-corrected chi connectivity index (χ2v) is 4.73. The summed E-state index contributed by atoms with van der Waals surface area (Å²) in [5.74, 6) is 0.0938. The number of aromatic nitrogens is 3. The second-order valence-electron chi connectivity index (χ2n) is 4.73. The average molecular weight is 244 g/mol. The van der Waals surface area contributed by atoms with Gasteiger partial charge in [-0.25, -0.2) is 0 Å². The van der Waals surface area contributed by atoms with Crippen molar-refractivity contribution in [1.82, 2.24) is 19.7 Å². The van der Waals surface area contributed by atoms with Crippen molar-refractivity contribution in [3.8, 4) is 0 Å². The third-order valence-electron chi connectivity index (χ3n) is 3.34. The van der Waals surface area contributed by atoms with Gasteiger partial charge in [0.05, 0.1) is 6.20 Å². The molecule has 0 saturated carbocycles. The van der Waals surface area contributed by atoms with E-state index in [1.807, 2.05) is 36.6 Å². The Balaban J connectivity index is 1.83. The molecule has 2 aromatic rings. The number of carbonyl (C=O) groups excluding carboxylic acids is 1. The fourth-order valence-corrected chi connectivity index (χ4v) is 2.45. The van der Waals surface area contributed by atoms with Crippen LogP contribution in [-0.4, -0.2) is 32.1 Å². The van der Waals surface area contributed by atoms with Crippen LogP contribution in [0, 0.1) is 0 Å². The zero-order valence-electron chi connectivity index (χ0n) is 10.4. The first-order chi connectivity index (χ1) is 8.74.